The fourth-order valence-electron chi connectivity index (χ4n) is 2.97. The summed E-state index contributed by atoms with van der Waals surface area (Å²) in [6.07, 6.45) is 1.98. The smallest absolute Gasteiger partial charge is 0.257 e. The van der Waals surface area contributed by atoms with Gasteiger partial charge >= 0.3 is 0 Å². The van der Waals surface area contributed by atoms with Crippen LogP contribution in [0.1, 0.15) is 29.9 Å². The number of aromatic nitrogens is 2. The van der Waals surface area contributed by atoms with Crippen LogP contribution in [0.4, 0.5) is 0 Å². The van der Waals surface area contributed by atoms with Crippen LogP contribution in [0, 0.1) is 6.92 Å². The van der Waals surface area contributed by atoms with Crippen molar-refractivity contribution in [2.24, 2.45) is 0 Å². The minimum atomic E-state index is -0.130. The van der Waals surface area contributed by atoms with Gasteiger partial charge in [-0.2, -0.15) is 0 Å². The van der Waals surface area contributed by atoms with Crippen LogP contribution in [0.25, 0.3) is 11.1 Å². The molecule has 0 bridgehead atoms. The summed E-state index contributed by atoms with van der Waals surface area (Å²) in [6.45, 7) is 9.18. The van der Waals surface area contributed by atoms with Gasteiger partial charge in [0.05, 0.1) is 28.9 Å². The summed E-state index contributed by atoms with van der Waals surface area (Å²) in [5.74, 6) is -0.130. The second kappa shape index (κ2) is 6.64. The Bertz CT molecular complexity index is 690. The Morgan fingerprint density at radius 1 is 1.39 bits per heavy atom. The Labute approximate surface area is 135 Å². The number of aryl methyl sites for hydroxylation is 1. The van der Waals surface area contributed by atoms with Crippen LogP contribution in [0.5, 0.6) is 0 Å². The van der Waals surface area contributed by atoms with Gasteiger partial charge in [-0.15, -0.1) is 0 Å². The van der Waals surface area contributed by atoms with Gasteiger partial charge in [-0.1, -0.05) is 5.16 Å². The van der Waals surface area contributed by atoms with Crippen LogP contribution >= 0.6 is 0 Å². The molecule has 124 valence electrons. The zero-order valence-electron chi connectivity index (χ0n) is 13.7. The number of morpholine rings is 1. The fourth-order valence-corrected chi connectivity index (χ4v) is 2.97. The third-order valence-corrected chi connectivity index (χ3v) is 3.98. The zero-order valence-corrected chi connectivity index (χ0v) is 13.7. The normalized spacial score (nSPS) is 22.4. The number of carbonyl (C=O) groups excluding carboxylic acids is 1. The van der Waals surface area contributed by atoms with Gasteiger partial charge in [0.25, 0.3) is 11.6 Å². The van der Waals surface area contributed by atoms with Crippen molar-refractivity contribution < 1.29 is 14.1 Å². The molecule has 7 nitrogen and oxygen atoms in total. The summed E-state index contributed by atoms with van der Waals surface area (Å²) in [4.78, 5) is 18.7. The predicted octanol–water partition coefficient (Wildman–Crippen LogP) is 1.37. The van der Waals surface area contributed by atoms with Crippen LogP contribution in [-0.4, -0.2) is 59.3 Å². The van der Waals surface area contributed by atoms with Crippen molar-refractivity contribution in [2.45, 2.75) is 33.0 Å². The van der Waals surface area contributed by atoms with E-state index in [-0.39, 0.29) is 18.1 Å². The molecule has 0 spiro atoms. The molecule has 1 amide bonds. The molecular weight excluding hydrogens is 296 g/mol. The summed E-state index contributed by atoms with van der Waals surface area (Å²) in [6, 6.07) is 1.77. The number of carbonyl (C=O) groups is 1. The Kier molecular flexibility index (Phi) is 4.58. The lowest BCUT2D eigenvalue weighted by Gasteiger charge is -2.35. The highest BCUT2D eigenvalue weighted by molar-refractivity contribution is 5.96. The molecule has 1 aliphatic rings. The third kappa shape index (κ3) is 3.68. The number of nitrogens with zero attached hydrogens (tertiary/aromatic N) is 3. The van der Waals surface area contributed by atoms with E-state index in [0.29, 0.717) is 17.8 Å². The lowest BCUT2D eigenvalue weighted by Crippen LogP contribution is -2.47. The first-order valence-electron chi connectivity index (χ1n) is 7.91. The average Bonchev–Trinajstić information content (AvgIpc) is 2.87. The molecule has 1 N–H and O–H groups in total. The van der Waals surface area contributed by atoms with Crippen molar-refractivity contribution in [1.82, 2.24) is 20.4 Å². The number of hydrogen-bond acceptors (Lipinski definition) is 6. The zero-order chi connectivity index (χ0) is 16.4. The predicted molar refractivity (Wildman–Crippen MR) is 85.3 cm³/mol. The highest BCUT2D eigenvalue weighted by Crippen LogP contribution is 2.16. The highest BCUT2D eigenvalue weighted by atomic mass is 16.5. The molecule has 2 atom stereocenters. The molecule has 0 radical (unpaired) electrons. The summed E-state index contributed by atoms with van der Waals surface area (Å²) < 4.78 is 10.8. The Morgan fingerprint density at radius 3 is 2.87 bits per heavy atom. The minimum Gasteiger partial charge on any atom is -0.373 e. The Balaban J connectivity index is 1.55. The maximum absolute atomic E-state index is 12.2. The molecule has 1 fully saturated rings. The maximum atomic E-state index is 12.2. The largest absolute Gasteiger partial charge is 0.373 e. The van der Waals surface area contributed by atoms with E-state index in [9.17, 15) is 4.79 Å². The van der Waals surface area contributed by atoms with Gasteiger partial charge in [0.1, 0.15) is 0 Å². The van der Waals surface area contributed by atoms with Gasteiger partial charge < -0.3 is 14.6 Å². The molecule has 1 aliphatic heterocycles. The monoisotopic (exact) mass is 318 g/mol. The molecule has 7 heteroatoms. The number of ether oxygens (including phenoxy) is 1. The molecule has 3 heterocycles. The van der Waals surface area contributed by atoms with Gasteiger partial charge in [0.15, 0.2) is 0 Å². The van der Waals surface area contributed by atoms with Gasteiger partial charge in [0.2, 0.25) is 0 Å². The number of hydrogen-bond donors (Lipinski definition) is 1. The number of amides is 1. The summed E-state index contributed by atoms with van der Waals surface area (Å²) in [7, 11) is 0. The molecule has 0 unspecified atom stereocenters. The van der Waals surface area contributed by atoms with Crippen molar-refractivity contribution in [1.29, 1.82) is 0 Å². The number of rotatable bonds is 4. The first kappa shape index (κ1) is 15.9. The quantitative estimate of drug-likeness (QED) is 0.917. The highest BCUT2D eigenvalue weighted by Gasteiger charge is 2.21. The Morgan fingerprint density at radius 2 is 2.13 bits per heavy atom. The first-order valence-corrected chi connectivity index (χ1v) is 7.91. The minimum absolute atomic E-state index is 0.130. The molecule has 23 heavy (non-hydrogen) atoms. The standard InChI is InChI=1S/C16H22N4O3/c1-10-8-20(9-11(2)22-10)5-4-17-15(21)13-6-14-12(3)19-23-16(14)18-7-13/h6-7,10-11H,4-5,8-9H2,1-3H3,(H,17,21)/t10-,11-/m1/s1. The summed E-state index contributed by atoms with van der Waals surface area (Å²) >= 11 is 0. The lowest BCUT2D eigenvalue weighted by molar-refractivity contribution is -0.0672. The van der Waals surface area contributed by atoms with Gasteiger partial charge in [-0.05, 0) is 26.8 Å². The molecule has 1 saturated heterocycles. The summed E-state index contributed by atoms with van der Waals surface area (Å²) in [5.41, 5.74) is 1.71. The number of pyridine rings is 1. The molecule has 2 aromatic heterocycles. The lowest BCUT2D eigenvalue weighted by atomic mass is 10.2. The van der Waals surface area contributed by atoms with E-state index >= 15 is 0 Å². The molecular formula is C16H22N4O3. The van der Waals surface area contributed by atoms with Crippen LogP contribution < -0.4 is 5.32 Å². The van der Waals surface area contributed by atoms with Crippen molar-refractivity contribution in [3.63, 3.8) is 0 Å². The second-order valence-electron chi connectivity index (χ2n) is 6.12. The molecule has 0 saturated carbocycles. The number of nitrogens with one attached hydrogen (secondary N) is 1. The van der Waals surface area contributed by atoms with Crippen molar-refractivity contribution in [3.8, 4) is 0 Å². The van der Waals surface area contributed by atoms with Gasteiger partial charge in [-0.3, -0.25) is 9.69 Å². The van der Waals surface area contributed by atoms with E-state index in [2.05, 4.69) is 34.2 Å². The first-order chi connectivity index (χ1) is 11.0. The molecule has 2 aromatic rings. The van der Waals surface area contributed by atoms with Crippen molar-refractivity contribution in [2.75, 3.05) is 26.2 Å². The fraction of sp³-hybridized carbons (Fsp3) is 0.562. The van der Waals surface area contributed by atoms with Gasteiger partial charge in [0, 0.05) is 32.4 Å². The summed E-state index contributed by atoms with van der Waals surface area (Å²) in [5, 5.41) is 7.56. The van der Waals surface area contributed by atoms with Crippen LogP contribution in [0.3, 0.4) is 0 Å². The molecule has 3 rings (SSSR count). The van der Waals surface area contributed by atoms with Crippen molar-refractivity contribution in [3.05, 3.63) is 23.5 Å². The average molecular weight is 318 g/mol. The van der Waals surface area contributed by atoms with E-state index in [1.54, 1.807) is 6.07 Å². The van der Waals surface area contributed by atoms with E-state index < -0.39 is 0 Å². The van der Waals surface area contributed by atoms with Crippen LogP contribution in [-0.2, 0) is 4.74 Å². The van der Waals surface area contributed by atoms with Crippen LogP contribution in [0.15, 0.2) is 16.8 Å². The van der Waals surface area contributed by atoms with Gasteiger partial charge in [-0.25, -0.2) is 4.98 Å². The van der Waals surface area contributed by atoms with E-state index in [4.69, 9.17) is 9.26 Å². The molecule has 0 aromatic carbocycles. The van der Waals surface area contributed by atoms with Crippen LogP contribution in [0.2, 0.25) is 0 Å². The van der Waals surface area contributed by atoms with E-state index in [1.165, 1.54) is 6.20 Å². The SMILES string of the molecule is Cc1noc2ncc(C(=O)NCCN3C[C@@H](C)O[C@H](C)C3)cc12. The topological polar surface area (TPSA) is 80.5 Å². The second-order valence-corrected chi connectivity index (χ2v) is 6.12. The van der Waals surface area contributed by atoms with Crippen molar-refractivity contribution >= 4 is 17.0 Å². The number of fused-ring (bicyclic) bond motifs is 1. The van der Waals surface area contributed by atoms with E-state index in [0.717, 1.165) is 30.7 Å². The Hall–Kier alpha value is -1.99. The third-order valence-electron chi connectivity index (χ3n) is 3.98. The molecule has 0 aliphatic carbocycles. The van der Waals surface area contributed by atoms with E-state index in [1.807, 2.05) is 6.92 Å². The maximum Gasteiger partial charge on any atom is 0.257 e.